The van der Waals surface area contributed by atoms with Gasteiger partial charge in [-0.15, -0.1) is 0 Å². The number of ether oxygens (including phenoxy) is 2. The molecule has 1 heterocycles. The second kappa shape index (κ2) is 7.59. The predicted molar refractivity (Wildman–Crippen MR) is 103 cm³/mol. The largest absolute Gasteiger partial charge is 0.497 e. The topological polar surface area (TPSA) is 38.8 Å². The highest BCUT2D eigenvalue weighted by Gasteiger charge is 2.39. The van der Waals surface area contributed by atoms with Gasteiger partial charge in [0.15, 0.2) is 0 Å². The molecule has 0 atom stereocenters. The summed E-state index contributed by atoms with van der Waals surface area (Å²) in [5.41, 5.74) is 1.30. The Morgan fingerprint density at radius 3 is 2.15 bits per heavy atom. The third-order valence-electron chi connectivity index (χ3n) is 5.28. The molecule has 0 aromatic heterocycles. The predicted octanol–water partition coefficient (Wildman–Crippen LogP) is 3.82. The number of hydrogen-bond donors (Lipinski definition) is 0. The molecule has 3 rings (SSSR count). The number of hydrogen-bond acceptors (Lipinski definition) is 3. The van der Waals surface area contributed by atoms with Crippen LogP contribution in [0.2, 0.25) is 0 Å². The first kappa shape index (κ1) is 19.2. The van der Waals surface area contributed by atoms with Crippen molar-refractivity contribution in [1.82, 2.24) is 4.90 Å². The van der Waals surface area contributed by atoms with Crippen molar-refractivity contribution in [3.63, 3.8) is 0 Å². The van der Waals surface area contributed by atoms with E-state index >= 15 is 0 Å². The fourth-order valence-electron chi connectivity index (χ4n) is 3.57. The molecular formula is C22H26FNO3. The third kappa shape index (κ3) is 4.07. The van der Waals surface area contributed by atoms with Crippen molar-refractivity contribution in [2.45, 2.75) is 25.7 Å². The number of likely N-dealkylation sites (tertiary alicyclic amines) is 1. The molecule has 0 bridgehead atoms. The number of carbonyl (C=O) groups excluding carboxylic acids is 1. The van der Waals surface area contributed by atoms with Crippen LogP contribution in [0.15, 0.2) is 42.5 Å². The minimum atomic E-state index is -0.669. The molecule has 0 spiro atoms. The van der Waals surface area contributed by atoms with Crippen molar-refractivity contribution >= 4 is 5.91 Å². The molecule has 27 heavy (non-hydrogen) atoms. The van der Waals surface area contributed by atoms with Gasteiger partial charge in [0.1, 0.15) is 17.3 Å². The summed E-state index contributed by atoms with van der Waals surface area (Å²) in [4.78, 5) is 14.8. The SMILES string of the molecule is COc1cc(CC2CN(C(=O)C(C)(C)c3ccc(F)cc3)C2)cc(OC)c1. The van der Waals surface area contributed by atoms with Gasteiger partial charge in [-0.25, -0.2) is 4.39 Å². The first-order valence-corrected chi connectivity index (χ1v) is 9.11. The van der Waals surface area contributed by atoms with Crippen molar-refractivity contribution in [3.05, 3.63) is 59.4 Å². The molecule has 0 radical (unpaired) electrons. The second-order valence-corrected chi connectivity index (χ2v) is 7.63. The Morgan fingerprint density at radius 2 is 1.63 bits per heavy atom. The van der Waals surface area contributed by atoms with E-state index in [1.54, 1.807) is 26.4 Å². The van der Waals surface area contributed by atoms with Gasteiger partial charge in [-0.05, 0) is 61.6 Å². The lowest BCUT2D eigenvalue weighted by molar-refractivity contribution is -0.142. The number of benzene rings is 2. The van der Waals surface area contributed by atoms with Gasteiger partial charge in [-0.2, -0.15) is 0 Å². The Labute approximate surface area is 159 Å². The van der Waals surface area contributed by atoms with Crippen LogP contribution < -0.4 is 9.47 Å². The molecule has 0 unspecified atom stereocenters. The van der Waals surface area contributed by atoms with E-state index in [0.717, 1.165) is 42.1 Å². The molecule has 2 aromatic rings. The molecule has 144 valence electrons. The van der Waals surface area contributed by atoms with Crippen LogP contribution in [0, 0.1) is 11.7 Å². The van der Waals surface area contributed by atoms with Gasteiger partial charge < -0.3 is 14.4 Å². The van der Waals surface area contributed by atoms with Crippen LogP contribution in [-0.4, -0.2) is 38.1 Å². The lowest BCUT2D eigenvalue weighted by Crippen LogP contribution is -2.55. The van der Waals surface area contributed by atoms with Crippen molar-refractivity contribution < 1.29 is 18.7 Å². The highest BCUT2D eigenvalue weighted by Crippen LogP contribution is 2.32. The number of rotatable bonds is 6. The number of nitrogens with zero attached hydrogens (tertiary/aromatic N) is 1. The Bertz CT molecular complexity index is 789. The van der Waals surface area contributed by atoms with Crippen LogP contribution in [0.1, 0.15) is 25.0 Å². The summed E-state index contributed by atoms with van der Waals surface area (Å²) in [5, 5.41) is 0. The van der Waals surface area contributed by atoms with E-state index in [2.05, 4.69) is 0 Å². The Hall–Kier alpha value is -2.56. The van der Waals surface area contributed by atoms with Crippen LogP contribution in [0.25, 0.3) is 0 Å². The zero-order valence-corrected chi connectivity index (χ0v) is 16.3. The van der Waals surface area contributed by atoms with E-state index in [1.165, 1.54) is 12.1 Å². The van der Waals surface area contributed by atoms with Gasteiger partial charge >= 0.3 is 0 Å². The summed E-state index contributed by atoms with van der Waals surface area (Å²) in [7, 11) is 3.28. The summed E-state index contributed by atoms with van der Waals surface area (Å²) in [6.07, 6.45) is 0.869. The molecule has 1 aliphatic rings. The van der Waals surface area contributed by atoms with Crippen LogP contribution >= 0.6 is 0 Å². The molecule has 1 aliphatic heterocycles. The third-order valence-corrected chi connectivity index (χ3v) is 5.28. The standard InChI is InChI=1S/C22H26FNO3/c1-22(2,17-5-7-18(23)8-6-17)21(25)24-13-16(14-24)9-15-10-19(26-3)12-20(11-15)27-4/h5-8,10-12,16H,9,13-14H2,1-4H3. The quantitative estimate of drug-likeness (QED) is 0.775. The number of amides is 1. The molecule has 4 nitrogen and oxygen atoms in total. The van der Waals surface area contributed by atoms with E-state index in [4.69, 9.17) is 9.47 Å². The number of methoxy groups -OCH3 is 2. The highest BCUT2D eigenvalue weighted by molar-refractivity contribution is 5.88. The molecule has 2 aromatic carbocycles. The zero-order chi connectivity index (χ0) is 19.6. The van der Waals surface area contributed by atoms with Crippen LogP contribution in [0.3, 0.4) is 0 Å². The summed E-state index contributed by atoms with van der Waals surface area (Å²) in [6, 6.07) is 12.1. The maximum Gasteiger partial charge on any atom is 0.232 e. The van der Waals surface area contributed by atoms with Gasteiger partial charge in [0.25, 0.3) is 0 Å². The van der Waals surface area contributed by atoms with Gasteiger partial charge in [0.2, 0.25) is 5.91 Å². The average molecular weight is 371 g/mol. The van der Waals surface area contributed by atoms with Crippen molar-refractivity contribution in [2.75, 3.05) is 27.3 Å². The lowest BCUT2D eigenvalue weighted by atomic mass is 9.81. The average Bonchev–Trinajstić information content (AvgIpc) is 2.63. The van der Waals surface area contributed by atoms with Crippen molar-refractivity contribution in [2.24, 2.45) is 5.92 Å². The molecule has 0 saturated carbocycles. The lowest BCUT2D eigenvalue weighted by Gasteiger charge is -2.43. The Balaban J connectivity index is 1.62. The summed E-state index contributed by atoms with van der Waals surface area (Å²) < 4.78 is 23.8. The summed E-state index contributed by atoms with van der Waals surface area (Å²) >= 11 is 0. The van der Waals surface area contributed by atoms with Gasteiger partial charge in [-0.3, -0.25) is 4.79 Å². The van der Waals surface area contributed by atoms with Gasteiger partial charge in [0, 0.05) is 19.2 Å². The summed E-state index contributed by atoms with van der Waals surface area (Å²) in [6.45, 7) is 5.23. The highest BCUT2D eigenvalue weighted by atomic mass is 19.1. The Morgan fingerprint density at radius 1 is 1.07 bits per heavy atom. The maximum absolute atomic E-state index is 13.2. The first-order chi connectivity index (χ1) is 12.8. The molecule has 5 heteroatoms. The molecule has 1 fully saturated rings. The van der Waals surface area contributed by atoms with Gasteiger partial charge in [0.05, 0.1) is 19.6 Å². The van der Waals surface area contributed by atoms with Gasteiger partial charge in [-0.1, -0.05) is 12.1 Å². The number of carbonyl (C=O) groups is 1. The maximum atomic E-state index is 13.2. The van der Waals surface area contributed by atoms with E-state index in [-0.39, 0.29) is 11.7 Å². The van der Waals surface area contributed by atoms with E-state index in [9.17, 15) is 9.18 Å². The van der Waals surface area contributed by atoms with Crippen LogP contribution in [0.4, 0.5) is 4.39 Å². The smallest absolute Gasteiger partial charge is 0.232 e. The first-order valence-electron chi connectivity index (χ1n) is 9.11. The molecular weight excluding hydrogens is 345 g/mol. The van der Waals surface area contributed by atoms with Crippen LogP contribution in [0.5, 0.6) is 11.5 Å². The number of halogens is 1. The van der Waals surface area contributed by atoms with Crippen molar-refractivity contribution in [3.8, 4) is 11.5 Å². The van der Waals surface area contributed by atoms with E-state index < -0.39 is 5.41 Å². The minimum Gasteiger partial charge on any atom is -0.497 e. The van der Waals surface area contributed by atoms with Crippen LogP contribution in [-0.2, 0) is 16.6 Å². The van der Waals surface area contributed by atoms with E-state index in [1.807, 2.05) is 36.9 Å². The van der Waals surface area contributed by atoms with E-state index in [0.29, 0.717) is 5.92 Å². The van der Waals surface area contributed by atoms with Crippen molar-refractivity contribution in [1.29, 1.82) is 0 Å². The minimum absolute atomic E-state index is 0.0774. The second-order valence-electron chi connectivity index (χ2n) is 7.63. The monoisotopic (exact) mass is 371 g/mol. The fourth-order valence-corrected chi connectivity index (χ4v) is 3.57. The fraction of sp³-hybridized carbons (Fsp3) is 0.409. The molecule has 1 amide bonds. The molecule has 0 aliphatic carbocycles. The molecule has 0 N–H and O–H groups in total. The summed E-state index contributed by atoms with van der Waals surface area (Å²) in [5.74, 6) is 1.74. The Kier molecular flexibility index (Phi) is 5.40. The zero-order valence-electron chi connectivity index (χ0n) is 16.3. The normalized spacial score (nSPS) is 14.6. The molecule has 1 saturated heterocycles.